The van der Waals surface area contributed by atoms with Crippen molar-refractivity contribution in [3.05, 3.63) is 57.5 Å². The first-order valence-corrected chi connectivity index (χ1v) is 7.02. The number of nitrogens with zero attached hydrogens (tertiary/aromatic N) is 1. The summed E-state index contributed by atoms with van der Waals surface area (Å²) in [6, 6.07) is 8.58. The number of nitrogens with one attached hydrogen (secondary N) is 2. The van der Waals surface area contributed by atoms with Gasteiger partial charge in [0.2, 0.25) is 0 Å². The van der Waals surface area contributed by atoms with Gasteiger partial charge in [0.25, 0.3) is 11.5 Å². The molecule has 1 heterocycles. The summed E-state index contributed by atoms with van der Waals surface area (Å²) in [4.78, 5) is 22.9. The molecule has 0 saturated heterocycles. The Morgan fingerprint density at radius 3 is 2.68 bits per heavy atom. The number of carbonyl (C=O) groups is 1. The molecule has 116 valence electrons. The molecule has 0 aliphatic heterocycles. The van der Waals surface area contributed by atoms with E-state index in [0.29, 0.717) is 12.5 Å². The maximum Gasteiger partial charge on any atom is 0.271 e. The summed E-state index contributed by atoms with van der Waals surface area (Å²) >= 11 is 0. The molecule has 0 aliphatic rings. The number of amides is 1. The van der Waals surface area contributed by atoms with Gasteiger partial charge in [-0.25, -0.2) is 5.10 Å². The number of aromatic nitrogens is 2. The van der Waals surface area contributed by atoms with Crippen LogP contribution in [0.2, 0.25) is 0 Å². The summed E-state index contributed by atoms with van der Waals surface area (Å²) in [5, 5.41) is 8.67. The molecule has 1 aromatic heterocycles. The van der Waals surface area contributed by atoms with Crippen LogP contribution < -0.4 is 15.6 Å². The van der Waals surface area contributed by atoms with Crippen molar-refractivity contribution in [3.8, 4) is 5.75 Å². The Kier molecular flexibility index (Phi) is 4.93. The molecule has 1 aromatic carbocycles. The van der Waals surface area contributed by atoms with Crippen LogP contribution >= 0.6 is 0 Å². The second kappa shape index (κ2) is 6.89. The molecule has 6 nitrogen and oxygen atoms in total. The third-order valence-electron chi connectivity index (χ3n) is 3.33. The Hall–Kier alpha value is -2.63. The standard InChI is InChI=1S/C16H19N3O3/c1-10(2)11-4-5-12(14(8-11)22-3)9-17-16(21)13-6-7-15(20)19-18-13/h4-8,10H,9H2,1-3H3,(H,17,21)(H,19,20). The number of hydrogen-bond donors (Lipinski definition) is 2. The van der Waals surface area contributed by atoms with Crippen LogP contribution in [0.15, 0.2) is 35.1 Å². The van der Waals surface area contributed by atoms with E-state index in [1.54, 1.807) is 7.11 Å². The minimum atomic E-state index is -0.355. The van der Waals surface area contributed by atoms with Crippen LogP contribution in [-0.2, 0) is 6.54 Å². The molecule has 0 bridgehead atoms. The lowest BCUT2D eigenvalue weighted by atomic mass is 10.0. The van der Waals surface area contributed by atoms with Crippen molar-refractivity contribution in [1.29, 1.82) is 0 Å². The van der Waals surface area contributed by atoms with E-state index in [2.05, 4.69) is 29.4 Å². The molecule has 2 aromatic rings. The highest BCUT2D eigenvalue weighted by Crippen LogP contribution is 2.24. The van der Waals surface area contributed by atoms with Crippen molar-refractivity contribution >= 4 is 5.91 Å². The van der Waals surface area contributed by atoms with Crippen LogP contribution in [0.4, 0.5) is 0 Å². The van der Waals surface area contributed by atoms with E-state index in [9.17, 15) is 9.59 Å². The first-order chi connectivity index (χ1) is 10.5. The highest BCUT2D eigenvalue weighted by Gasteiger charge is 2.10. The van der Waals surface area contributed by atoms with Crippen molar-refractivity contribution in [1.82, 2.24) is 15.5 Å². The number of aromatic amines is 1. The fourth-order valence-corrected chi connectivity index (χ4v) is 2.00. The van der Waals surface area contributed by atoms with Crippen LogP contribution in [0.5, 0.6) is 5.75 Å². The van der Waals surface area contributed by atoms with Crippen molar-refractivity contribution in [3.63, 3.8) is 0 Å². The Bertz CT molecular complexity index is 702. The largest absolute Gasteiger partial charge is 0.496 e. The van der Waals surface area contributed by atoms with Gasteiger partial charge in [-0.05, 0) is 23.6 Å². The Morgan fingerprint density at radius 1 is 1.32 bits per heavy atom. The van der Waals surface area contributed by atoms with E-state index in [1.807, 2.05) is 18.2 Å². The average Bonchev–Trinajstić information content (AvgIpc) is 2.52. The molecule has 0 saturated carbocycles. The van der Waals surface area contributed by atoms with Gasteiger partial charge < -0.3 is 10.1 Å². The predicted octanol–water partition coefficient (Wildman–Crippen LogP) is 1.83. The van der Waals surface area contributed by atoms with E-state index in [0.717, 1.165) is 11.3 Å². The molecule has 0 fully saturated rings. The topological polar surface area (TPSA) is 84.1 Å². The van der Waals surface area contributed by atoms with Gasteiger partial charge in [0.05, 0.1) is 7.11 Å². The number of H-pyrrole nitrogens is 1. The number of methoxy groups -OCH3 is 1. The molecule has 0 aliphatic carbocycles. The second-order valence-electron chi connectivity index (χ2n) is 5.22. The molecular formula is C16H19N3O3. The Balaban J connectivity index is 2.09. The molecule has 2 N–H and O–H groups in total. The van der Waals surface area contributed by atoms with Gasteiger partial charge >= 0.3 is 0 Å². The summed E-state index contributed by atoms with van der Waals surface area (Å²) in [7, 11) is 1.61. The number of carbonyl (C=O) groups excluding carboxylic acids is 1. The van der Waals surface area contributed by atoms with Crippen LogP contribution in [0.1, 0.15) is 41.4 Å². The SMILES string of the molecule is COc1cc(C(C)C)ccc1CNC(=O)c1ccc(=O)[nH]n1. The maximum absolute atomic E-state index is 12.0. The highest BCUT2D eigenvalue weighted by atomic mass is 16.5. The van der Waals surface area contributed by atoms with Gasteiger partial charge in [-0.3, -0.25) is 9.59 Å². The molecule has 1 amide bonds. The summed E-state index contributed by atoms with van der Waals surface area (Å²) in [5.41, 5.74) is 1.87. The normalized spacial score (nSPS) is 10.5. The van der Waals surface area contributed by atoms with E-state index >= 15 is 0 Å². The van der Waals surface area contributed by atoms with Crippen LogP contribution in [0.3, 0.4) is 0 Å². The van der Waals surface area contributed by atoms with Gasteiger partial charge in [0.15, 0.2) is 0 Å². The Morgan fingerprint density at radius 2 is 2.09 bits per heavy atom. The number of benzene rings is 1. The van der Waals surface area contributed by atoms with E-state index in [4.69, 9.17) is 4.74 Å². The molecule has 0 spiro atoms. The first-order valence-electron chi connectivity index (χ1n) is 7.02. The monoisotopic (exact) mass is 301 g/mol. The summed E-state index contributed by atoms with van der Waals surface area (Å²) < 4.78 is 5.38. The zero-order valence-electron chi connectivity index (χ0n) is 12.8. The van der Waals surface area contributed by atoms with Gasteiger partial charge in [0, 0.05) is 18.2 Å². The van der Waals surface area contributed by atoms with Crippen molar-refractivity contribution in [2.45, 2.75) is 26.3 Å². The van der Waals surface area contributed by atoms with E-state index < -0.39 is 0 Å². The van der Waals surface area contributed by atoms with Gasteiger partial charge in [-0.1, -0.05) is 26.0 Å². The van der Waals surface area contributed by atoms with E-state index in [-0.39, 0.29) is 17.2 Å². The van der Waals surface area contributed by atoms with Crippen molar-refractivity contribution in [2.75, 3.05) is 7.11 Å². The van der Waals surface area contributed by atoms with Crippen molar-refractivity contribution in [2.24, 2.45) is 0 Å². The van der Waals surface area contributed by atoms with Crippen molar-refractivity contribution < 1.29 is 9.53 Å². The van der Waals surface area contributed by atoms with Gasteiger partial charge in [-0.2, -0.15) is 5.10 Å². The molecular weight excluding hydrogens is 282 g/mol. The van der Waals surface area contributed by atoms with Gasteiger partial charge in [0.1, 0.15) is 11.4 Å². The predicted molar refractivity (Wildman–Crippen MR) is 83.1 cm³/mol. The second-order valence-corrected chi connectivity index (χ2v) is 5.22. The van der Waals surface area contributed by atoms with Crippen LogP contribution in [-0.4, -0.2) is 23.2 Å². The summed E-state index contributed by atoms with van der Waals surface area (Å²) in [6.07, 6.45) is 0. The molecule has 22 heavy (non-hydrogen) atoms. The lowest BCUT2D eigenvalue weighted by Crippen LogP contribution is -2.25. The third-order valence-corrected chi connectivity index (χ3v) is 3.33. The number of ether oxygens (including phenoxy) is 1. The number of rotatable bonds is 5. The van der Waals surface area contributed by atoms with E-state index in [1.165, 1.54) is 17.7 Å². The zero-order valence-corrected chi connectivity index (χ0v) is 12.8. The zero-order chi connectivity index (χ0) is 16.1. The maximum atomic E-state index is 12.0. The quantitative estimate of drug-likeness (QED) is 0.882. The third kappa shape index (κ3) is 3.72. The number of hydrogen-bond acceptors (Lipinski definition) is 4. The Labute approximate surface area is 128 Å². The molecule has 0 atom stereocenters. The average molecular weight is 301 g/mol. The molecule has 0 unspecified atom stereocenters. The smallest absolute Gasteiger partial charge is 0.271 e. The molecule has 6 heteroatoms. The fraction of sp³-hybridized carbons (Fsp3) is 0.312. The lowest BCUT2D eigenvalue weighted by Gasteiger charge is -2.13. The summed E-state index contributed by atoms with van der Waals surface area (Å²) in [5.74, 6) is 0.787. The summed E-state index contributed by atoms with van der Waals surface area (Å²) in [6.45, 7) is 4.54. The van der Waals surface area contributed by atoms with Gasteiger partial charge in [-0.15, -0.1) is 0 Å². The first kappa shape index (κ1) is 15.8. The minimum absolute atomic E-state index is 0.164. The molecule has 0 radical (unpaired) electrons. The lowest BCUT2D eigenvalue weighted by molar-refractivity contribution is 0.0944. The highest BCUT2D eigenvalue weighted by molar-refractivity contribution is 5.91. The minimum Gasteiger partial charge on any atom is -0.496 e. The fourth-order valence-electron chi connectivity index (χ4n) is 2.00. The van der Waals surface area contributed by atoms with Crippen LogP contribution in [0.25, 0.3) is 0 Å². The molecule has 2 rings (SSSR count). The van der Waals surface area contributed by atoms with Crippen LogP contribution in [0, 0.1) is 0 Å².